The van der Waals surface area contributed by atoms with Crippen molar-refractivity contribution in [2.24, 2.45) is 0 Å². The van der Waals surface area contributed by atoms with Crippen molar-refractivity contribution in [1.29, 1.82) is 0 Å². The molecule has 5 heteroatoms. The predicted octanol–water partition coefficient (Wildman–Crippen LogP) is 2.07. The first-order valence-corrected chi connectivity index (χ1v) is 5.00. The maximum absolute atomic E-state index is 13.1. The molecule has 1 saturated heterocycles. The van der Waals surface area contributed by atoms with Crippen LogP contribution in [0.3, 0.4) is 0 Å². The highest BCUT2D eigenvalue weighted by Crippen LogP contribution is 2.20. The van der Waals surface area contributed by atoms with E-state index in [9.17, 15) is 4.39 Å². The smallest absolute Gasteiger partial charge is 0.134 e. The van der Waals surface area contributed by atoms with Crippen LogP contribution in [0, 0.1) is 0 Å². The molecule has 1 aliphatic rings. The minimum absolute atomic E-state index is 0.399. The van der Waals surface area contributed by atoms with Crippen LogP contribution in [0.2, 0.25) is 5.15 Å². The molecular weight excluding hydrogens is 205 g/mol. The van der Waals surface area contributed by atoms with E-state index in [1.54, 1.807) is 6.07 Å². The van der Waals surface area contributed by atoms with E-state index in [2.05, 4.69) is 9.97 Å². The van der Waals surface area contributed by atoms with Crippen LogP contribution in [0.15, 0.2) is 12.4 Å². The van der Waals surface area contributed by atoms with Gasteiger partial charge in [-0.2, -0.15) is 0 Å². The predicted molar refractivity (Wildman–Crippen MR) is 53.4 cm³/mol. The molecular formula is C9H11ClFN3. The Labute approximate surface area is 86.9 Å². The zero-order valence-corrected chi connectivity index (χ0v) is 8.41. The van der Waals surface area contributed by atoms with Gasteiger partial charge in [0, 0.05) is 12.6 Å². The number of anilines is 1. The molecule has 1 aromatic rings. The molecule has 2 rings (SSSR count). The minimum atomic E-state index is -0.752. The third-order valence-corrected chi connectivity index (χ3v) is 2.51. The number of halogens is 2. The van der Waals surface area contributed by atoms with Crippen molar-refractivity contribution >= 4 is 17.4 Å². The van der Waals surface area contributed by atoms with Gasteiger partial charge in [-0.05, 0) is 12.8 Å². The molecule has 14 heavy (non-hydrogen) atoms. The molecule has 0 spiro atoms. The third-order valence-electron chi connectivity index (χ3n) is 2.31. The maximum atomic E-state index is 13.1. The number of piperidine rings is 1. The van der Waals surface area contributed by atoms with E-state index in [4.69, 9.17) is 11.6 Å². The SMILES string of the molecule is FC1CCCN(c2cc(Cl)ncn2)C1. The van der Waals surface area contributed by atoms with Gasteiger partial charge in [0.15, 0.2) is 0 Å². The van der Waals surface area contributed by atoms with Gasteiger partial charge in [0.25, 0.3) is 0 Å². The summed E-state index contributed by atoms with van der Waals surface area (Å²) in [4.78, 5) is 9.75. The second kappa shape index (κ2) is 4.09. The van der Waals surface area contributed by atoms with E-state index in [0.29, 0.717) is 23.9 Å². The van der Waals surface area contributed by atoms with Gasteiger partial charge in [-0.3, -0.25) is 0 Å². The van der Waals surface area contributed by atoms with Crippen molar-refractivity contribution in [1.82, 2.24) is 9.97 Å². The Morgan fingerprint density at radius 2 is 2.36 bits per heavy atom. The number of rotatable bonds is 1. The summed E-state index contributed by atoms with van der Waals surface area (Å²) in [5.74, 6) is 0.715. The van der Waals surface area contributed by atoms with Crippen LogP contribution in [0.1, 0.15) is 12.8 Å². The summed E-state index contributed by atoms with van der Waals surface area (Å²) in [6.07, 6.45) is 2.16. The van der Waals surface area contributed by atoms with Crippen LogP contribution in [0.4, 0.5) is 10.2 Å². The third kappa shape index (κ3) is 2.12. The summed E-state index contributed by atoms with van der Waals surface area (Å²) in [7, 11) is 0. The Hall–Kier alpha value is -0.900. The molecule has 1 fully saturated rings. The van der Waals surface area contributed by atoms with Gasteiger partial charge in [0.05, 0.1) is 6.54 Å². The maximum Gasteiger partial charge on any atom is 0.134 e. The number of hydrogen-bond donors (Lipinski definition) is 0. The first-order chi connectivity index (χ1) is 6.75. The van der Waals surface area contributed by atoms with Crippen LogP contribution < -0.4 is 4.90 Å². The molecule has 1 atom stereocenters. The molecule has 76 valence electrons. The molecule has 0 saturated carbocycles. The monoisotopic (exact) mass is 215 g/mol. The van der Waals surface area contributed by atoms with Crippen LogP contribution in [-0.2, 0) is 0 Å². The van der Waals surface area contributed by atoms with Crippen molar-refractivity contribution in [2.45, 2.75) is 19.0 Å². The van der Waals surface area contributed by atoms with E-state index in [1.807, 2.05) is 4.90 Å². The number of aromatic nitrogens is 2. The standard InChI is InChI=1S/C9H11ClFN3/c10-8-4-9(13-6-12-8)14-3-1-2-7(11)5-14/h4,6-7H,1-3,5H2. The lowest BCUT2D eigenvalue weighted by Gasteiger charge is -2.29. The Morgan fingerprint density at radius 3 is 3.07 bits per heavy atom. The molecule has 1 unspecified atom stereocenters. The number of nitrogens with zero attached hydrogens (tertiary/aromatic N) is 3. The summed E-state index contributed by atoms with van der Waals surface area (Å²) in [6, 6.07) is 1.67. The fraction of sp³-hybridized carbons (Fsp3) is 0.556. The quantitative estimate of drug-likeness (QED) is 0.672. The average molecular weight is 216 g/mol. The van der Waals surface area contributed by atoms with Crippen molar-refractivity contribution in [3.8, 4) is 0 Å². The first kappa shape index (κ1) is 9.65. The average Bonchev–Trinajstić information content (AvgIpc) is 2.18. The van der Waals surface area contributed by atoms with Gasteiger partial charge < -0.3 is 4.90 Å². The van der Waals surface area contributed by atoms with Crippen LogP contribution in [-0.4, -0.2) is 29.2 Å². The lowest BCUT2D eigenvalue weighted by atomic mass is 10.1. The summed E-state index contributed by atoms with van der Waals surface area (Å²) >= 11 is 5.73. The summed E-state index contributed by atoms with van der Waals surface area (Å²) in [5.41, 5.74) is 0. The second-order valence-corrected chi connectivity index (χ2v) is 3.77. The molecule has 2 heterocycles. The zero-order valence-electron chi connectivity index (χ0n) is 7.66. The Kier molecular flexibility index (Phi) is 2.82. The van der Waals surface area contributed by atoms with Crippen molar-refractivity contribution < 1.29 is 4.39 Å². The van der Waals surface area contributed by atoms with Gasteiger partial charge in [0.2, 0.25) is 0 Å². The van der Waals surface area contributed by atoms with Gasteiger partial charge in [-0.1, -0.05) is 11.6 Å². The fourth-order valence-electron chi connectivity index (χ4n) is 1.63. The van der Waals surface area contributed by atoms with Crippen LogP contribution >= 0.6 is 11.6 Å². The fourth-order valence-corrected chi connectivity index (χ4v) is 1.77. The number of alkyl halides is 1. The van der Waals surface area contributed by atoms with E-state index in [1.165, 1.54) is 6.33 Å². The van der Waals surface area contributed by atoms with Crippen molar-refractivity contribution in [3.63, 3.8) is 0 Å². The topological polar surface area (TPSA) is 29.0 Å². The largest absolute Gasteiger partial charge is 0.354 e. The molecule has 0 amide bonds. The van der Waals surface area contributed by atoms with E-state index < -0.39 is 6.17 Å². The highest BCUT2D eigenvalue weighted by Gasteiger charge is 2.20. The lowest BCUT2D eigenvalue weighted by Crippen LogP contribution is -2.36. The summed E-state index contributed by atoms with van der Waals surface area (Å²) in [6.45, 7) is 1.25. The van der Waals surface area contributed by atoms with Crippen molar-refractivity contribution in [2.75, 3.05) is 18.0 Å². The van der Waals surface area contributed by atoms with Crippen LogP contribution in [0.5, 0.6) is 0 Å². The van der Waals surface area contributed by atoms with E-state index >= 15 is 0 Å². The van der Waals surface area contributed by atoms with E-state index in [-0.39, 0.29) is 0 Å². The molecule has 0 bridgehead atoms. The Balaban J connectivity index is 2.14. The molecule has 1 aromatic heterocycles. The number of hydrogen-bond acceptors (Lipinski definition) is 3. The first-order valence-electron chi connectivity index (χ1n) is 4.62. The Bertz CT molecular complexity index is 321. The normalized spacial score (nSPS) is 22.4. The van der Waals surface area contributed by atoms with Gasteiger partial charge >= 0.3 is 0 Å². The van der Waals surface area contributed by atoms with Gasteiger partial charge in [0.1, 0.15) is 23.5 Å². The van der Waals surface area contributed by atoms with Crippen molar-refractivity contribution in [3.05, 3.63) is 17.5 Å². The van der Waals surface area contributed by atoms with Gasteiger partial charge in [-0.25, -0.2) is 14.4 Å². The molecule has 0 aromatic carbocycles. The van der Waals surface area contributed by atoms with Gasteiger partial charge in [-0.15, -0.1) is 0 Å². The molecule has 0 N–H and O–H groups in total. The highest BCUT2D eigenvalue weighted by molar-refractivity contribution is 6.29. The molecule has 3 nitrogen and oxygen atoms in total. The highest BCUT2D eigenvalue weighted by atomic mass is 35.5. The Morgan fingerprint density at radius 1 is 1.50 bits per heavy atom. The minimum Gasteiger partial charge on any atom is -0.354 e. The molecule has 0 radical (unpaired) electrons. The second-order valence-electron chi connectivity index (χ2n) is 3.38. The summed E-state index contributed by atoms with van der Waals surface area (Å²) < 4.78 is 13.1. The zero-order chi connectivity index (χ0) is 9.97. The van der Waals surface area contributed by atoms with Crippen LogP contribution in [0.25, 0.3) is 0 Å². The molecule has 1 aliphatic heterocycles. The van der Waals surface area contributed by atoms with E-state index in [0.717, 1.165) is 13.0 Å². The summed E-state index contributed by atoms with van der Waals surface area (Å²) in [5, 5.41) is 0.399. The molecule has 0 aliphatic carbocycles. The lowest BCUT2D eigenvalue weighted by molar-refractivity contribution is 0.286.